The first-order chi connectivity index (χ1) is 10.2. The maximum Gasteiger partial charge on any atom is 0.311 e. The van der Waals surface area contributed by atoms with Crippen LogP contribution >= 0.6 is 0 Å². The largest absolute Gasteiger partial charge is 0.508 e. The van der Waals surface area contributed by atoms with Crippen molar-refractivity contribution in [2.45, 2.75) is 47.5 Å². The highest BCUT2D eigenvalue weighted by Gasteiger charge is 2.35. The molecular weight excluding hydrogens is 280 g/mol. The third-order valence-electron chi connectivity index (χ3n) is 3.63. The number of aromatic hydroxyl groups is 1. The third-order valence-corrected chi connectivity index (χ3v) is 3.63. The van der Waals surface area contributed by atoms with Gasteiger partial charge < -0.3 is 14.6 Å². The van der Waals surface area contributed by atoms with E-state index in [9.17, 15) is 9.90 Å². The van der Waals surface area contributed by atoms with Gasteiger partial charge in [-0.2, -0.15) is 0 Å². The van der Waals surface area contributed by atoms with E-state index in [2.05, 4.69) is 13.8 Å². The fourth-order valence-corrected chi connectivity index (χ4v) is 2.67. The van der Waals surface area contributed by atoms with Gasteiger partial charge in [-0.1, -0.05) is 13.8 Å². The molecule has 0 fully saturated rings. The number of carbonyl (C=O) groups is 1. The highest BCUT2D eigenvalue weighted by molar-refractivity contribution is 5.75. The summed E-state index contributed by atoms with van der Waals surface area (Å²) in [5, 5.41) is 9.24. The number of ether oxygens (including phenoxy) is 2. The van der Waals surface area contributed by atoms with Crippen molar-refractivity contribution in [3.63, 3.8) is 0 Å². The Labute approximate surface area is 133 Å². The molecule has 0 unspecified atom stereocenters. The van der Waals surface area contributed by atoms with Gasteiger partial charge in [-0.25, -0.2) is 0 Å². The third kappa shape index (κ3) is 5.96. The fraction of sp³-hybridized carbons (Fsp3) is 0.611. The van der Waals surface area contributed by atoms with Gasteiger partial charge in [0.25, 0.3) is 0 Å². The van der Waals surface area contributed by atoms with Crippen molar-refractivity contribution in [1.29, 1.82) is 0 Å². The van der Waals surface area contributed by atoms with Crippen LogP contribution in [0.25, 0.3) is 0 Å². The zero-order valence-electron chi connectivity index (χ0n) is 14.3. The Morgan fingerprint density at radius 1 is 1.14 bits per heavy atom. The van der Waals surface area contributed by atoms with Crippen LogP contribution in [0.1, 0.15) is 47.5 Å². The van der Waals surface area contributed by atoms with Gasteiger partial charge >= 0.3 is 5.97 Å². The first kappa shape index (κ1) is 18.3. The molecule has 0 aliphatic rings. The van der Waals surface area contributed by atoms with Crippen LogP contribution in [-0.4, -0.2) is 24.3 Å². The summed E-state index contributed by atoms with van der Waals surface area (Å²) in [6, 6.07) is 6.68. The Morgan fingerprint density at radius 3 is 2.27 bits per heavy atom. The van der Waals surface area contributed by atoms with Crippen LogP contribution in [0.5, 0.6) is 11.5 Å². The topological polar surface area (TPSA) is 55.8 Å². The van der Waals surface area contributed by atoms with E-state index in [1.165, 1.54) is 0 Å². The summed E-state index contributed by atoms with van der Waals surface area (Å²) >= 11 is 0. The Bertz CT molecular complexity index is 474. The van der Waals surface area contributed by atoms with Crippen LogP contribution in [0, 0.1) is 10.8 Å². The van der Waals surface area contributed by atoms with Crippen molar-refractivity contribution in [2.24, 2.45) is 10.8 Å². The molecule has 0 bridgehead atoms. The first-order valence-electron chi connectivity index (χ1n) is 7.75. The van der Waals surface area contributed by atoms with Gasteiger partial charge in [0.1, 0.15) is 11.5 Å². The van der Waals surface area contributed by atoms with Crippen LogP contribution in [0.4, 0.5) is 0 Å². The van der Waals surface area contributed by atoms with Crippen molar-refractivity contribution in [3.05, 3.63) is 24.3 Å². The van der Waals surface area contributed by atoms with Crippen LogP contribution < -0.4 is 4.74 Å². The van der Waals surface area contributed by atoms with E-state index in [4.69, 9.17) is 9.47 Å². The highest BCUT2D eigenvalue weighted by atomic mass is 16.5. The molecule has 0 spiro atoms. The summed E-state index contributed by atoms with van der Waals surface area (Å²) in [5.41, 5.74) is -0.536. The van der Waals surface area contributed by atoms with Gasteiger partial charge in [0.2, 0.25) is 0 Å². The molecule has 0 heterocycles. The molecule has 0 saturated heterocycles. The number of carbonyl (C=O) groups excluding carboxylic acids is 1. The maximum atomic E-state index is 12.0. The first-order valence-corrected chi connectivity index (χ1v) is 7.75. The normalized spacial score (nSPS) is 12.0. The SMILES string of the molecule is CCOC(=O)C(C)(C)CC(C)(C)CCOc1ccc(O)cc1. The number of hydrogen-bond acceptors (Lipinski definition) is 4. The average molecular weight is 308 g/mol. The van der Waals surface area contributed by atoms with Crippen molar-refractivity contribution in [1.82, 2.24) is 0 Å². The van der Waals surface area contributed by atoms with Crippen LogP contribution in [0.3, 0.4) is 0 Å². The highest BCUT2D eigenvalue weighted by Crippen LogP contribution is 2.37. The molecule has 22 heavy (non-hydrogen) atoms. The summed E-state index contributed by atoms with van der Waals surface area (Å²) in [6.07, 6.45) is 1.56. The quantitative estimate of drug-likeness (QED) is 0.732. The molecule has 4 nitrogen and oxygen atoms in total. The standard InChI is InChI=1S/C18H28O4/c1-6-21-16(20)18(4,5)13-17(2,3)11-12-22-15-9-7-14(19)8-10-15/h7-10,19H,6,11-13H2,1-5H3. The van der Waals surface area contributed by atoms with Gasteiger partial charge in [0.15, 0.2) is 0 Å². The molecule has 0 atom stereocenters. The Hall–Kier alpha value is -1.71. The molecule has 124 valence electrons. The Morgan fingerprint density at radius 2 is 1.73 bits per heavy atom. The van der Waals surface area contributed by atoms with Gasteiger partial charge in [-0.05, 0) is 63.3 Å². The molecule has 0 aromatic heterocycles. The van der Waals surface area contributed by atoms with Crippen LogP contribution in [-0.2, 0) is 9.53 Å². The van der Waals surface area contributed by atoms with E-state index in [-0.39, 0.29) is 17.1 Å². The lowest BCUT2D eigenvalue weighted by atomic mass is 9.73. The second-order valence-electron chi connectivity index (χ2n) is 7.04. The molecule has 1 aromatic rings. The maximum absolute atomic E-state index is 12.0. The number of phenolic OH excluding ortho intramolecular Hbond substituents is 1. The van der Waals surface area contributed by atoms with E-state index in [1.54, 1.807) is 24.3 Å². The Kier molecular flexibility index (Phi) is 6.27. The summed E-state index contributed by atoms with van der Waals surface area (Å²) in [7, 11) is 0. The molecule has 4 heteroatoms. The van der Waals surface area contributed by atoms with E-state index in [0.717, 1.165) is 18.6 Å². The van der Waals surface area contributed by atoms with Crippen molar-refractivity contribution in [3.8, 4) is 11.5 Å². The van der Waals surface area contributed by atoms with E-state index in [0.29, 0.717) is 13.2 Å². The number of rotatable bonds is 8. The second-order valence-corrected chi connectivity index (χ2v) is 7.04. The molecule has 0 amide bonds. The predicted octanol–water partition coefficient (Wildman–Crippen LogP) is 4.17. The zero-order valence-corrected chi connectivity index (χ0v) is 14.3. The number of benzene rings is 1. The summed E-state index contributed by atoms with van der Waals surface area (Å²) in [4.78, 5) is 12.0. The van der Waals surface area contributed by atoms with Gasteiger partial charge in [-0.15, -0.1) is 0 Å². The smallest absolute Gasteiger partial charge is 0.311 e. The van der Waals surface area contributed by atoms with E-state index >= 15 is 0 Å². The van der Waals surface area contributed by atoms with Gasteiger partial charge in [-0.3, -0.25) is 4.79 Å². The van der Waals surface area contributed by atoms with Gasteiger partial charge in [0.05, 0.1) is 18.6 Å². The molecular formula is C18H28O4. The minimum atomic E-state index is -0.502. The molecule has 0 aliphatic heterocycles. The minimum Gasteiger partial charge on any atom is -0.508 e. The molecule has 0 saturated carbocycles. The monoisotopic (exact) mass is 308 g/mol. The fourth-order valence-electron chi connectivity index (χ4n) is 2.67. The van der Waals surface area contributed by atoms with E-state index < -0.39 is 5.41 Å². The van der Waals surface area contributed by atoms with Crippen LogP contribution in [0.2, 0.25) is 0 Å². The number of phenols is 1. The summed E-state index contributed by atoms with van der Waals surface area (Å²) < 4.78 is 10.8. The zero-order chi connectivity index (χ0) is 16.8. The van der Waals surface area contributed by atoms with Crippen molar-refractivity contribution in [2.75, 3.05) is 13.2 Å². The predicted molar refractivity (Wildman–Crippen MR) is 87.0 cm³/mol. The van der Waals surface area contributed by atoms with Crippen molar-refractivity contribution >= 4 is 5.97 Å². The Balaban J connectivity index is 2.49. The molecule has 1 aromatic carbocycles. The number of hydrogen-bond donors (Lipinski definition) is 1. The average Bonchev–Trinajstić information content (AvgIpc) is 2.40. The molecule has 1 N–H and O–H groups in total. The molecule has 0 radical (unpaired) electrons. The second kappa shape index (κ2) is 7.52. The lowest BCUT2D eigenvalue weighted by Gasteiger charge is -2.33. The summed E-state index contributed by atoms with van der Waals surface area (Å²) in [5.74, 6) is 0.810. The molecule has 1 rings (SSSR count). The van der Waals surface area contributed by atoms with Crippen LogP contribution in [0.15, 0.2) is 24.3 Å². The lowest BCUT2D eigenvalue weighted by Crippen LogP contribution is -2.33. The van der Waals surface area contributed by atoms with E-state index in [1.807, 2.05) is 20.8 Å². The van der Waals surface area contributed by atoms with Crippen molar-refractivity contribution < 1.29 is 19.4 Å². The summed E-state index contributed by atoms with van der Waals surface area (Å²) in [6.45, 7) is 10.9. The lowest BCUT2D eigenvalue weighted by molar-refractivity contribution is -0.155. The minimum absolute atomic E-state index is 0.0345. The van der Waals surface area contributed by atoms with Gasteiger partial charge in [0, 0.05) is 0 Å². The molecule has 0 aliphatic carbocycles. The number of esters is 1.